The molecule has 0 saturated carbocycles. The van der Waals surface area contributed by atoms with Gasteiger partial charge in [-0.15, -0.1) is 0 Å². The fourth-order valence-corrected chi connectivity index (χ4v) is 4.92. The number of ketones is 1. The first kappa shape index (κ1) is 21.6. The van der Waals surface area contributed by atoms with Crippen LogP contribution in [0.25, 0.3) is 0 Å². The topological polar surface area (TPSA) is 74.7 Å². The number of hydrogen-bond acceptors (Lipinski definition) is 3. The Morgan fingerprint density at radius 2 is 1.84 bits per heavy atom. The number of hydrogen-bond donors (Lipinski definition) is 1. The molecule has 0 aromatic heterocycles. The summed E-state index contributed by atoms with van der Waals surface area (Å²) in [6.07, 6.45) is 0.928. The summed E-state index contributed by atoms with van der Waals surface area (Å²) in [6.45, 7) is 3.96. The van der Waals surface area contributed by atoms with E-state index in [0.717, 1.165) is 5.56 Å². The highest BCUT2D eigenvalue weighted by Gasteiger charge is 2.44. The van der Waals surface area contributed by atoms with E-state index in [1.54, 1.807) is 18.2 Å². The molecule has 5 nitrogen and oxygen atoms in total. The Bertz CT molecular complexity index is 1150. The van der Waals surface area contributed by atoms with Crippen LogP contribution in [-0.2, 0) is 9.59 Å². The summed E-state index contributed by atoms with van der Waals surface area (Å²) in [7, 11) is 0. The zero-order chi connectivity index (χ0) is 22.5. The maximum atomic E-state index is 13.4. The maximum Gasteiger partial charge on any atom is 0.335 e. The number of aromatic carboxylic acids is 1. The summed E-state index contributed by atoms with van der Waals surface area (Å²) in [6, 6.07) is 11.5. The van der Waals surface area contributed by atoms with Gasteiger partial charge in [-0.05, 0) is 47.7 Å². The van der Waals surface area contributed by atoms with Gasteiger partial charge in [-0.2, -0.15) is 0 Å². The largest absolute Gasteiger partial charge is 0.478 e. The first-order valence-electron chi connectivity index (χ1n) is 9.95. The van der Waals surface area contributed by atoms with Crippen LogP contribution in [0, 0.1) is 5.41 Å². The number of nitrogens with zero attached hydrogens (tertiary/aromatic N) is 1. The highest BCUT2D eigenvalue weighted by molar-refractivity contribution is 6.34. The molecule has 0 spiro atoms. The van der Waals surface area contributed by atoms with Gasteiger partial charge in [0.25, 0.3) is 0 Å². The van der Waals surface area contributed by atoms with Gasteiger partial charge in [-0.1, -0.05) is 49.2 Å². The van der Waals surface area contributed by atoms with Crippen molar-refractivity contribution in [3.63, 3.8) is 0 Å². The van der Waals surface area contributed by atoms with Gasteiger partial charge < -0.3 is 5.11 Å². The quantitative estimate of drug-likeness (QED) is 0.626. The SMILES string of the molecule is CC1(C)CC(=O)C2=C(C1)N(c1cc(C(=O)O)ccc1Cl)C(=O)CC2c1cccc(Cl)c1. The van der Waals surface area contributed by atoms with Gasteiger partial charge in [0.15, 0.2) is 5.78 Å². The maximum absolute atomic E-state index is 13.4. The number of allylic oxidation sites excluding steroid dienone is 2. The Hall–Kier alpha value is -2.63. The fraction of sp³-hybridized carbons (Fsp3) is 0.292. The molecule has 2 aromatic rings. The minimum Gasteiger partial charge on any atom is -0.478 e. The second kappa shape index (κ2) is 7.81. The zero-order valence-corrected chi connectivity index (χ0v) is 18.6. The van der Waals surface area contributed by atoms with Gasteiger partial charge in [-0.25, -0.2) is 4.79 Å². The van der Waals surface area contributed by atoms with Gasteiger partial charge in [0, 0.05) is 35.1 Å². The highest BCUT2D eigenvalue weighted by atomic mass is 35.5. The van der Waals surface area contributed by atoms with Crippen LogP contribution in [0.4, 0.5) is 5.69 Å². The molecular formula is C24H21Cl2NO4. The Kier molecular flexibility index (Phi) is 5.44. The van der Waals surface area contributed by atoms with Crippen LogP contribution in [0.2, 0.25) is 10.0 Å². The monoisotopic (exact) mass is 457 g/mol. The summed E-state index contributed by atoms with van der Waals surface area (Å²) in [4.78, 5) is 39.7. The Morgan fingerprint density at radius 1 is 1.10 bits per heavy atom. The summed E-state index contributed by atoms with van der Waals surface area (Å²) in [5.74, 6) is -1.77. The highest BCUT2D eigenvalue weighted by Crippen LogP contribution is 2.49. The molecule has 4 rings (SSSR count). The Balaban J connectivity index is 1.94. The predicted molar refractivity (Wildman–Crippen MR) is 120 cm³/mol. The number of benzene rings is 2. The summed E-state index contributed by atoms with van der Waals surface area (Å²) in [5, 5.41) is 10.2. The lowest BCUT2D eigenvalue weighted by Crippen LogP contribution is -2.44. The first-order valence-corrected chi connectivity index (χ1v) is 10.7. The van der Waals surface area contributed by atoms with Gasteiger partial charge >= 0.3 is 5.97 Å². The van der Waals surface area contributed by atoms with Crippen LogP contribution in [-0.4, -0.2) is 22.8 Å². The van der Waals surface area contributed by atoms with E-state index < -0.39 is 11.9 Å². The molecule has 1 N–H and O–H groups in total. The van der Waals surface area contributed by atoms with Crippen molar-refractivity contribution >= 4 is 46.5 Å². The molecule has 1 aliphatic carbocycles. The van der Waals surface area contributed by atoms with E-state index in [4.69, 9.17) is 23.2 Å². The molecule has 7 heteroatoms. The van der Waals surface area contributed by atoms with E-state index in [0.29, 0.717) is 29.1 Å². The van der Waals surface area contributed by atoms with Crippen molar-refractivity contribution in [1.82, 2.24) is 0 Å². The number of carboxylic acid groups (broad SMARTS) is 1. The number of anilines is 1. The summed E-state index contributed by atoms with van der Waals surface area (Å²) < 4.78 is 0. The van der Waals surface area contributed by atoms with Crippen LogP contribution >= 0.6 is 23.2 Å². The van der Waals surface area contributed by atoms with Crippen molar-refractivity contribution in [2.45, 2.75) is 39.0 Å². The molecule has 0 fully saturated rings. The van der Waals surface area contributed by atoms with Crippen molar-refractivity contribution < 1.29 is 19.5 Å². The van der Waals surface area contributed by atoms with Crippen molar-refractivity contribution in [3.8, 4) is 0 Å². The van der Waals surface area contributed by atoms with E-state index in [1.807, 2.05) is 19.9 Å². The average molecular weight is 458 g/mol. The fourth-order valence-electron chi connectivity index (χ4n) is 4.52. The van der Waals surface area contributed by atoms with Crippen molar-refractivity contribution in [3.05, 3.63) is 74.9 Å². The molecule has 0 saturated heterocycles. The van der Waals surface area contributed by atoms with Crippen LogP contribution in [0.3, 0.4) is 0 Å². The Labute approximate surface area is 190 Å². The van der Waals surface area contributed by atoms with Gasteiger partial charge in [-0.3, -0.25) is 14.5 Å². The van der Waals surface area contributed by atoms with Crippen molar-refractivity contribution in [1.29, 1.82) is 0 Å². The van der Waals surface area contributed by atoms with E-state index in [9.17, 15) is 19.5 Å². The van der Waals surface area contributed by atoms with Gasteiger partial charge in [0.2, 0.25) is 5.91 Å². The van der Waals surface area contributed by atoms with Crippen LogP contribution in [0.1, 0.15) is 54.9 Å². The third-order valence-electron chi connectivity index (χ3n) is 5.83. The first-order chi connectivity index (χ1) is 14.6. The Morgan fingerprint density at radius 3 is 2.52 bits per heavy atom. The molecule has 0 radical (unpaired) electrons. The average Bonchev–Trinajstić information content (AvgIpc) is 2.67. The molecule has 1 amide bonds. The number of amides is 1. The van der Waals surface area contributed by atoms with Crippen molar-refractivity contribution in [2.75, 3.05) is 4.90 Å². The number of carbonyl (C=O) groups excluding carboxylic acids is 2. The third kappa shape index (κ3) is 4.00. The lowest BCUT2D eigenvalue weighted by Gasteiger charge is -2.43. The van der Waals surface area contributed by atoms with Crippen molar-refractivity contribution in [2.24, 2.45) is 5.41 Å². The van der Waals surface area contributed by atoms with E-state index in [2.05, 4.69) is 0 Å². The van der Waals surface area contributed by atoms with E-state index in [1.165, 1.54) is 23.1 Å². The van der Waals surface area contributed by atoms with Crippen LogP contribution in [0.5, 0.6) is 0 Å². The lowest BCUT2D eigenvalue weighted by atomic mass is 9.69. The van der Waals surface area contributed by atoms with Crippen LogP contribution < -0.4 is 4.90 Å². The minimum absolute atomic E-state index is 0.0146. The molecule has 2 aliphatic rings. The number of carboxylic acids is 1. The summed E-state index contributed by atoms with van der Waals surface area (Å²) >= 11 is 12.6. The molecule has 0 bridgehead atoms. The zero-order valence-electron chi connectivity index (χ0n) is 17.1. The number of rotatable bonds is 3. The molecule has 1 aliphatic heterocycles. The third-order valence-corrected chi connectivity index (χ3v) is 6.38. The molecule has 1 heterocycles. The lowest BCUT2D eigenvalue weighted by molar-refractivity contribution is -0.121. The molecule has 31 heavy (non-hydrogen) atoms. The normalized spacial score (nSPS) is 20.6. The van der Waals surface area contributed by atoms with Gasteiger partial charge in [0.05, 0.1) is 16.3 Å². The molecule has 160 valence electrons. The smallest absolute Gasteiger partial charge is 0.335 e. The summed E-state index contributed by atoms with van der Waals surface area (Å²) in [5.41, 5.74) is 1.94. The number of carbonyl (C=O) groups is 3. The second-order valence-corrected chi connectivity index (χ2v) is 9.66. The molecule has 1 unspecified atom stereocenters. The predicted octanol–water partition coefficient (Wildman–Crippen LogP) is 5.86. The standard InChI is InChI=1S/C24H21Cl2NO4/c1-24(2)11-19-22(20(28)12-24)16(13-4-3-5-15(25)8-13)10-21(29)27(19)18-9-14(23(30)31)6-7-17(18)26/h3-9,16H,10-12H2,1-2H3,(H,30,31). The number of halogens is 2. The molecular weight excluding hydrogens is 437 g/mol. The van der Waals surface area contributed by atoms with Gasteiger partial charge in [0.1, 0.15) is 0 Å². The van der Waals surface area contributed by atoms with E-state index in [-0.39, 0.29) is 39.8 Å². The second-order valence-electron chi connectivity index (χ2n) is 8.81. The number of Topliss-reactive ketones (excluding diaryl/α,β-unsaturated/α-hetero) is 1. The molecule has 2 aromatic carbocycles. The minimum atomic E-state index is -1.12. The van der Waals surface area contributed by atoms with E-state index >= 15 is 0 Å². The molecule has 1 atom stereocenters. The van der Waals surface area contributed by atoms with Crippen LogP contribution in [0.15, 0.2) is 53.7 Å².